The van der Waals surface area contributed by atoms with Gasteiger partial charge in [0.2, 0.25) is 0 Å². The number of benzene rings is 8. The second-order valence-electron chi connectivity index (χ2n) is 15.0. The molecule has 262 valence electrons. The molecule has 1 nitrogen and oxygen atoms in total. The predicted octanol–water partition coefficient (Wildman–Crippen LogP) is 14.1. The SMILES string of the molecule is c1ccc(-c2cc(-c3ccccc3)nc(-c3cccc(-c4cccc(C5c6ccccc6-c6cc7c(cc65)C(c5ccccc5)c5ccccc5-7)c4)c3)c2)cc1. The first kappa shape index (κ1) is 32.3. The summed E-state index contributed by atoms with van der Waals surface area (Å²) in [5, 5.41) is 0. The maximum atomic E-state index is 5.24. The number of hydrogen-bond acceptors (Lipinski definition) is 1. The lowest BCUT2D eigenvalue weighted by Crippen LogP contribution is -2.03. The van der Waals surface area contributed by atoms with Crippen LogP contribution in [0.5, 0.6) is 0 Å². The smallest absolute Gasteiger partial charge is 0.0715 e. The molecule has 0 saturated carbocycles. The van der Waals surface area contributed by atoms with E-state index in [1.165, 1.54) is 72.3 Å². The fraction of sp³-hybridized carbons (Fsp3) is 0.0364. The van der Waals surface area contributed by atoms with Gasteiger partial charge in [0.15, 0.2) is 0 Å². The third-order valence-electron chi connectivity index (χ3n) is 11.8. The van der Waals surface area contributed by atoms with Crippen molar-refractivity contribution in [3.05, 3.63) is 246 Å². The summed E-state index contributed by atoms with van der Waals surface area (Å²) in [6.07, 6.45) is 0. The van der Waals surface area contributed by atoms with Crippen LogP contribution in [-0.4, -0.2) is 4.98 Å². The maximum absolute atomic E-state index is 5.24. The molecule has 0 amide bonds. The van der Waals surface area contributed by atoms with Crippen LogP contribution >= 0.6 is 0 Å². The Morgan fingerprint density at radius 2 is 0.714 bits per heavy atom. The average molecular weight is 712 g/mol. The lowest BCUT2D eigenvalue weighted by Gasteiger charge is -2.19. The van der Waals surface area contributed by atoms with Crippen molar-refractivity contribution in [2.24, 2.45) is 0 Å². The molecule has 56 heavy (non-hydrogen) atoms. The van der Waals surface area contributed by atoms with Crippen LogP contribution in [0.4, 0.5) is 0 Å². The van der Waals surface area contributed by atoms with E-state index < -0.39 is 0 Å². The minimum Gasteiger partial charge on any atom is -0.248 e. The molecule has 0 aliphatic heterocycles. The number of nitrogens with zero attached hydrogens (tertiary/aromatic N) is 1. The van der Waals surface area contributed by atoms with Gasteiger partial charge in [-0.15, -0.1) is 0 Å². The van der Waals surface area contributed by atoms with Crippen molar-refractivity contribution >= 4 is 0 Å². The van der Waals surface area contributed by atoms with Crippen molar-refractivity contribution in [1.82, 2.24) is 4.98 Å². The fourth-order valence-corrected chi connectivity index (χ4v) is 9.25. The van der Waals surface area contributed by atoms with Gasteiger partial charge in [-0.25, -0.2) is 4.98 Å². The lowest BCUT2D eigenvalue weighted by molar-refractivity contribution is 0.982. The van der Waals surface area contributed by atoms with E-state index >= 15 is 0 Å². The summed E-state index contributed by atoms with van der Waals surface area (Å²) < 4.78 is 0. The number of pyridine rings is 1. The minimum atomic E-state index is 0.132. The Balaban J connectivity index is 1.02. The monoisotopic (exact) mass is 711 g/mol. The van der Waals surface area contributed by atoms with E-state index in [-0.39, 0.29) is 11.8 Å². The van der Waals surface area contributed by atoms with Gasteiger partial charge < -0.3 is 0 Å². The molecular formula is C55H37N. The van der Waals surface area contributed by atoms with E-state index in [2.05, 4.69) is 212 Å². The molecule has 2 atom stereocenters. The van der Waals surface area contributed by atoms with Gasteiger partial charge in [-0.1, -0.05) is 188 Å². The van der Waals surface area contributed by atoms with Crippen LogP contribution in [0.2, 0.25) is 0 Å². The molecule has 2 unspecified atom stereocenters. The molecule has 11 rings (SSSR count). The number of hydrogen-bond donors (Lipinski definition) is 0. The Hall–Kier alpha value is -7.09. The van der Waals surface area contributed by atoms with Gasteiger partial charge in [-0.05, 0) is 102 Å². The van der Waals surface area contributed by atoms with Crippen molar-refractivity contribution in [2.45, 2.75) is 11.8 Å². The van der Waals surface area contributed by atoms with Gasteiger partial charge in [0, 0.05) is 23.0 Å². The maximum Gasteiger partial charge on any atom is 0.0715 e. The predicted molar refractivity (Wildman–Crippen MR) is 232 cm³/mol. The highest BCUT2D eigenvalue weighted by Crippen LogP contribution is 2.55. The summed E-state index contributed by atoms with van der Waals surface area (Å²) in [5.74, 6) is 0.343. The Labute approximate surface area is 328 Å². The van der Waals surface area contributed by atoms with Crippen LogP contribution in [0.15, 0.2) is 212 Å². The van der Waals surface area contributed by atoms with Gasteiger partial charge in [-0.2, -0.15) is 0 Å². The van der Waals surface area contributed by atoms with E-state index in [1.807, 2.05) is 0 Å². The largest absolute Gasteiger partial charge is 0.248 e. The zero-order chi connectivity index (χ0) is 37.0. The third kappa shape index (κ3) is 5.43. The zero-order valence-electron chi connectivity index (χ0n) is 30.8. The van der Waals surface area contributed by atoms with Crippen molar-refractivity contribution in [3.8, 4) is 67.0 Å². The molecule has 9 aromatic rings. The van der Waals surface area contributed by atoms with Crippen molar-refractivity contribution in [1.29, 1.82) is 0 Å². The molecule has 2 aliphatic rings. The molecule has 1 heteroatoms. The summed E-state index contributed by atoms with van der Waals surface area (Å²) >= 11 is 0. The third-order valence-corrected chi connectivity index (χ3v) is 11.8. The van der Waals surface area contributed by atoms with E-state index in [9.17, 15) is 0 Å². The minimum absolute atomic E-state index is 0.132. The first-order chi connectivity index (χ1) is 27.8. The van der Waals surface area contributed by atoms with Gasteiger partial charge in [0.05, 0.1) is 11.4 Å². The van der Waals surface area contributed by atoms with E-state index in [0.717, 1.165) is 28.1 Å². The highest BCUT2D eigenvalue weighted by molar-refractivity contribution is 5.90. The van der Waals surface area contributed by atoms with Crippen molar-refractivity contribution in [2.75, 3.05) is 0 Å². The first-order valence-corrected chi connectivity index (χ1v) is 19.5. The molecule has 1 aromatic heterocycles. The normalized spacial score (nSPS) is 14.8. The highest BCUT2D eigenvalue weighted by atomic mass is 14.7. The van der Waals surface area contributed by atoms with E-state index in [1.54, 1.807) is 0 Å². The molecule has 0 radical (unpaired) electrons. The summed E-state index contributed by atoms with van der Waals surface area (Å²) in [7, 11) is 0. The van der Waals surface area contributed by atoms with Crippen LogP contribution in [0, 0.1) is 0 Å². The molecular weight excluding hydrogens is 675 g/mol. The molecule has 0 spiro atoms. The quantitative estimate of drug-likeness (QED) is 0.167. The summed E-state index contributed by atoms with van der Waals surface area (Å²) in [6.45, 7) is 0. The highest BCUT2D eigenvalue weighted by Gasteiger charge is 2.36. The summed E-state index contributed by atoms with van der Waals surface area (Å²) in [4.78, 5) is 5.24. The molecule has 0 N–H and O–H groups in total. The van der Waals surface area contributed by atoms with Crippen molar-refractivity contribution < 1.29 is 0 Å². The first-order valence-electron chi connectivity index (χ1n) is 19.5. The second kappa shape index (κ2) is 13.3. The van der Waals surface area contributed by atoms with Crippen LogP contribution < -0.4 is 0 Å². The molecule has 0 bridgehead atoms. The number of rotatable bonds is 6. The number of aromatic nitrogens is 1. The lowest BCUT2D eigenvalue weighted by atomic mass is 9.84. The van der Waals surface area contributed by atoms with Crippen LogP contribution in [-0.2, 0) is 0 Å². The average Bonchev–Trinajstić information content (AvgIpc) is 3.78. The Bertz CT molecular complexity index is 2850. The van der Waals surface area contributed by atoms with Gasteiger partial charge in [0.1, 0.15) is 0 Å². The molecule has 2 aliphatic carbocycles. The fourth-order valence-electron chi connectivity index (χ4n) is 9.25. The summed E-state index contributed by atoms with van der Waals surface area (Å²) in [6, 6.07) is 77.6. The second-order valence-corrected chi connectivity index (χ2v) is 15.0. The topological polar surface area (TPSA) is 12.9 Å². The molecule has 8 aromatic carbocycles. The van der Waals surface area contributed by atoms with Gasteiger partial charge in [-0.3, -0.25) is 0 Å². The number of fused-ring (bicyclic) bond motifs is 6. The molecule has 0 fully saturated rings. The van der Waals surface area contributed by atoms with Crippen molar-refractivity contribution in [3.63, 3.8) is 0 Å². The molecule has 1 heterocycles. The van der Waals surface area contributed by atoms with Gasteiger partial charge >= 0.3 is 0 Å². The Morgan fingerprint density at radius 3 is 1.38 bits per heavy atom. The Kier molecular flexibility index (Phi) is 7.70. The van der Waals surface area contributed by atoms with E-state index in [0.29, 0.717) is 0 Å². The molecule has 0 saturated heterocycles. The standard InChI is InChI=1S/C55H37N/c1-4-16-36(17-5-1)43-32-52(37-18-6-2-7-19-37)56-53(33-43)41-24-14-22-39(30-41)40-23-15-25-42(31-40)55-47-29-13-11-27-45(47)49-34-48-44-26-10-12-28-46(44)54(50(48)35-51(49)55)38-20-8-3-9-21-38/h1-35,54-55H. The Morgan fingerprint density at radius 1 is 0.250 bits per heavy atom. The summed E-state index contributed by atoms with van der Waals surface area (Å²) in [5.41, 5.74) is 22.4. The van der Waals surface area contributed by atoms with Gasteiger partial charge in [0.25, 0.3) is 0 Å². The van der Waals surface area contributed by atoms with Crippen LogP contribution in [0.25, 0.3) is 67.0 Å². The van der Waals surface area contributed by atoms with Crippen LogP contribution in [0.3, 0.4) is 0 Å². The van der Waals surface area contributed by atoms with Crippen LogP contribution in [0.1, 0.15) is 45.2 Å². The van der Waals surface area contributed by atoms with E-state index in [4.69, 9.17) is 4.98 Å². The zero-order valence-corrected chi connectivity index (χ0v) is 30.8.